The first-order valence-corrected chi connectivity index (χ1v) is 10.5. The number of aromatic amines is 1. The van der Waals surface area contributed by atoms with Crippen LogP contribution in [0.5, 0.6) is 5.75 Å². The Balaban J connectivity index is 1.72. The second kappa shape index (κ2) is 7.96. The summed E-state index contributed by atoms with van der Waals surface area (Å²) in [5.74, 6) is 0.728. The molecule has 142 valence electrons. The zero-order valence-electron chi connectivity index (χ0n) is 15.0. The van der Waals surface area contributed by atoms with Gasteiger partial charge in [0, 0.05) is 24.2 Å². The minimum Gasteiger partial charge on any atom is -0.497 e. The van der Waals surface area contributed by atoms with Crippen LogP contribution in [-0.2, 0) is 10.8 Å². The standard InChI is InChI=1S/C19H21ClN4O2S/c1-26-14-7-8-15-17(11-14)23-19(22-15)27(25)18(16-6-2-3-9-21-16)24-10-4-5-13(20)12-24/h2-3,6-9,11,13,18H,4-5,10,12H2,1H3,(H,22,23). The number of nitrogens with zero attached hydrogens (tertiary/aromatic N) is 3. The number of pyridine rings is 1. The molecule has 0 amide bonds. The molecule has 0 bridgehead atoms. The average molecular weight is 405 g/mol. The van der Waals surface area contributed by atoms with Crippen LogP contribution in [0, 0.1) is 0 Å². The molecular formula is C19H21ClN4O2S. The first-order valence-electron chi connectivity index (χ1n) is 8.89. The topological polar surface area (TPSA) is 71.1 Å². The van der Waals surface area contributed by atoms with E-state index in [1.54, 1.807) is 13.3 Å². The summed E-state index contributed by atoms with van der Waals surface area (Å²) >= 11 is 6.39. The molecule has 3 atom stereocenters. The molecule has 3 heterocycles. The van der Waals surface area contributed by atoms with Crippen molar-refractivity contribution >= 4 is 33.4 Å². The zero-order valence-corrected chi connectivity index (χ0v) is 16.5. The summed E-state index contributed by atoms with van der Waals surface area (Å²) in [4.78, 5) is 14.4. The number of benzene rings is 1. The Morgan fingerprint density at radius 3 is 3.00 bits per heavy atom. The number of fused-ring (bicyclic) bond motifs is 1. The molecule has 27 heavy (non-hydrogen) atoms. The van der Waals surface area contributed by atoms with Crippen LogP contribution in [0.15, 0.2) is 47.8 Å². The van der Waals surface area contributed by atoms with E-state index in [1.165, 1.54) is 0 Å². The lowest BCUT2D eigenvalue weighted by Crippen LogP contribution is -2.40. The number of methoxy groups -OCH3 is 1. The SMILES string of the molecule is COc1ccc2nc(S(=O)C(c3ccccn3)N3CCCC(Cl)C3)[nH]c2c1. The number of alkyl halides is 1. The van der Waals surface area contributed by atoms with E-state index in [4.69, 9.17) is 16.3 Å². The molecule has 1 aliphatic rings. The molecule has 3 aromatic rings. The summed E-state index contributed by atoms with van der Waals surface area (Å²) in [6.45, 7) is 1.52. The zero-order chi connectivity index (χ0) is 18.8. The minimum absolute atomic E-state index is 0.0573. The molecule has 1 fully saturated rings. The lowest BCUT2D eigenvalue weighted by Gasteiger charge is -2.35. The van der Waals surface area contributed by atoms with Gasteiger partial charge in [0.05, 0.1) is 23.8 Å². The molecule has 0 saturated carbocycles. The van der Waals surface area contributed by atoms with Crippen LogP contribution in [0.3, 0.4) is 0 Å². The number of ether oxygens (including phenoxy) is 1. The first kappa shape index (κ1) is 18.4. The summed E-state index contributed by atoms with van der Waals surface area (Å²) in [5.41, 5.74) is 2.32. The number of rotatable bonds is 5. The van der Waals surface area contributed by atoms with Gasteiger partial charge in [-0.3, -0.25) is 9.88 Å². The van der Waals surface area contributed by atoms with Gasteiger partial charge in [-0.25, -0.2) is 9.19 Å². The highest BCUT2D eigenvalue weighted by Crippen LogP contribution is 2.31. The lowest BCUT2D eigenvalue weighted by molar-refractivity contribution is 0.211. The van der Waals surface area contributed by atoms with Crippen molar-refractivity contribution in [1.29, 1.82) is 0 Å². The van der Waals surface area contributed by atoms with Crippen molar-refractivity contribution < 1.29 is 8.95 Å². The third-order valence-electron chi connectivity index (χ3n) is 4.73. The highest BCUT2D eigenvalue weighted by atomic mass is 35.5. The Hall–Kier alpha value is -1.96. The number of piperidine rings is 1. The third kappa shape index (κ3) is 3.85. The van der Waals surface area contributed by atoms with Crippen LogP contribution < -0.4 is 4.74 Å². The summed E-state index contributed by atoms with van der Waals surface area (Å²) in [7, 11) is 0.189. The van der Waals surface area contributed by atoms with Gasteiger partial charge in [0.2, 0.25) is 0 Å². The Morgan fingerprint density at radius 2 is 2.26 bits per heavy atom. The third-order valence-corrected chi connectivity index (χ3v) is 6.60. The van der Waals surface area contributed by atoms with Crippen LogP contribution in [0.4, 0.5) is 0 Å². The van der Waals surface area contributed by atoms with Gasteiger partial charge >= 0.3 is 0 Å². The van der Waals surface area contributed by atoms with Crippen molar-refractivity contribution in [3.8, 4) is 5.75 Å². The maximum absolute atomic E-state index is 13.5. The molecular weight excluding hydrogens is 384 g/mol. The van der Waals surface area contributed by atoms with Gasteiger partial charge in [-0.1, -0.05) is 6.07 Å². The van der Waals surface area contributed by atoms with Gasteiger partial charge in [0.25, 0.3) is 0 Å². The van der Waals surface area contributed by atoms with E-state index >= 15 is 0 Å². The molecule has 1 N–H and O–H groups in total. The van der Waals surface area contributed by atoms with E-state index < -0.39 is 16.2 Å². The van der Waals surface area contributed by atoms with Crippen molar-refractivity contribution in [3.05, 3.63) is 48.3 Å². The van der Waals surface area contributed by atoms with E-state index in [-0.39, 0.29) is 5.38 Å². The number of hydrogen-bond acceptors (Lipinski definition) is 5. The van der Waals surface area contributed by atoms with Gasteiger partial charge < -0.3 is 9.72 Å². The summed E-state index contributed by atoms with van der Waals surface area (Å²) in [5, 5.41) is 0.0997. The minimum atomic E-state index is -1.43. The Labute approximate surface area is 165 Å². The molecule has 0 radical (unpaired) electrons. The van der Waals surface area contributed by atoms with Crippen LogP contribution in [0.25, 0.3) is 11.0 Å². The fourth-order valence-electron chi connectivity index (χ4n) is 3.41. The molecule has 0 aliphatic carbocycles. The van der Waals surface area contributed by atoms with E-state index in [2.05, 4.69) is 19.9 Å². The van der Waals surface area contributed by atoms with Crippen LogP contribution >= 0.6 is 11.6 Å². The Bertz CT molecular complexity index is 949. The molecule has 1 aliphatic heterocycles. The number of hydrogen-bond donors (Lipinski definition) is 1. The molecule has 8 heteroatoms. The van der Waals surface area contributed by atoms with Crippen molar-refractivity contribution in [2.75, 3.05) is 20.2 Å². The lowest BCUT2D eigenvalue weighted by atomic mass is 10.1. The normalized spacial score (nSPS) is 20.4. The van der Waals surface area contributed by atoms with Crippen molar-refractivity contribution in [2.24, 2.45) is 0 Å². The highest BCUT2D eigenvalue weighted by Gasteiger charge is 2.33. The van der Waals surface area contributed by atoms with Gasteiger partial charge in [-0.05, 0) is 43.7 Å². The molecule has 1 aromatic carbocycles. The van der Waals surface area contributed by atoms with Crippen molar-refractivity contribution in [3.63, 3.8) is 0 Å². The van der Waals surface area contributed by atoms with E-state index in [9.17, 15) is 4.21 Å². The molecule has 2 aromatic heterocycles. The highest BCUT2D eigenvalue weighted by molar-refractivity contribution is 7.85. The summed E-state index contributed by atoms with van der Waals surface area (Å²) in [6, 6.07) is 11.2. The van der Waals surface area contributed by atoms with E-state index in [1.807, 2.05) is 36.4 Å². The number of halogens is 1. The van der Waals surface area contributed by atoms with Gasteiger partial charge in [0.1, 0.15) is 21.9 Å². The number of H-pyrrole nitrogens is 1. The predicted octanol–water partition coefficient (Wildman–Crippen LogP) is 3.48. The van der Waals surface area contributed by atoms with E-state index in [0.717, 1.165) is 41.9 Å². The van der Waals surface area contributed by atoms with Crippen molar-refractivity contribution in [2.45, 2.75) is 28.7 Å². The maximum atomic E-state index is 13.5. The summed E-state index contributed by atoms with van der Waals surface area (Å²) < 4.78 is 18.8. The van der Waals surface area contributed by atoms with Crippen LogP contribution in [0.1, 0.15) is 23.9 Å². The maximum Gasteiger partial charge on any atom is 0.199 e. The average Bonchev–Trinajstić information content (AvgIpc) is 3.12. The van der Waals surface area contributed by atoms with Gasteiger partial charge in [-0.15, -0.1) is 11.6 Å². The smallest absolute Gasteiger partial charge is 0.199 e. The first-order chi connectivity index (χ1) is 13.2. The van der Waals surface area contributed by atoms with E-state index in [0.29, 0.717) is 11.7 Å². The largest absolute Gasteiger partial charge is 0.497 e. The summed E-state index contributed by atoms with van der Waals surface area (Å²) in [6.07, 6.45) is 3.68. The van der Waals surface area contributed by atoms with Crippen molar-refractivity contribution in [1.82, 2.24) is 19.9 Å². The fraction of sp³-hybridized carbons (Fsp3) is 0.368. The molecule has 4 rings (SSSR count). The second-order valence-corrected chi connectivity index (χ2v) is 8.61. The predicted molar refractivity (Wildman–Crippen MR) is 106 cm³/mol. The quantitative estimate of drug-likeness (QED) is 0.659. The Kier molecular flexibility index (Phi) is 5.43. The van der Waals surface area contributed by atoms with Crippen LogP contribution in [-0.4, -0.2) is 49.6 Å². The number of likely N-dealkylation sites (tertiary alicyclic amines) is 1. The molecule has 0 spiro atoms. The fourth-order valence-corrected chi connectivity index (χ4v) is 5.18. The molecule has 6 nitrogen and oxygen atoms in total. The van der Waals surface area contributed by atoms with Gasteiger partial charge in [0.15, 0.2) is 5.16 Å². The number of nitrogens with one attached hydrogen (secondary N) is 1. The molecule has 3 unspecified atom stereocenters. The number of aromatic nitrogens is 3. The Morgan fingerprint density at radius 1 is 1.37 bits per heavy atom. The molecule has 1 saturated heterocycles. The monoisotopic (exact) mass is 404 g/mol. The second-order valence-electron chi connectivity index (χ2n) is 6.56. The van der Waals surface area contributed by atoms with Crippen LogP contribution in [0.2, 0.25) is 0 Å². The van der Waals surface area contributed by atoms with Gasteiger partial charge in [-0.2, -0.15) is 0 Å². The number of imidazole rings is 1.